The summed E-state index contributed by atoms with van der Waals surface area (Å²) in [4.78, 5) is 21.6. The third-order valence-corrected chi connectivity index (χ3v) is 9.29. The van der Waals surface area contributed by atoms with E-state index in [4.69, 9.17) is 32.7 Å². The number of nitrogens with one attached hydrogen (secondary N) is 1. The van der Waals surface area contributed by atoms with Crippen molar-refractivity contribution in [2.24, 2.45) is 0 Å². The minimum Gasteiger partial charge on any atom is -0.487 e. The van der Waals surface area contributed by atoms with Crippen LogP contribution in [0.15, 0.2) is 109 Å². The van der Waals surface area contributed by atoms with E-state index in [9.17, 15) is 9.18 Å². The van der Waals surface area contributed by atoms with Gasteiger partial charge in [0.15, 0.2) is 5.75 Å². The van der Waals surface area contributed by atoms with Crippen molar-refractivity contribution in [3.05, 3.63) is 153 Å². The summed E-state index contributed by atoms with van der Waals surface area (Å²) in [5.74, 6) is 1.22. The van der Waals surface area contributed by atoms with Crippen molar-refractivity contribution in [2.75, 3.05) is 38.0 Å². The zero-order valence-electron chi connectivity index (χ0n) is 29.1. The molecule has 1 aliphatic rings. The average molecular weight is 799 g/mol. The van der Waals surface area contributed by atoms with Crippen LogP contribution in [0.1, 0.15) is 27.8 Å². The smallest absolute Gasteiger partial charge is 0.246 e. The summed E-state index contributed by atoms with van der Waals surface area (Å²) in [5, 5.41) is 4.40. The topological polar surface area (TPSA) is 66.9 Å². The van der Waals surface area contributed by atoms with Crippen LogP contribution in [-0.4, -0.2) is 53.4 Å². The van der Waals surface area contributed by atoms with Crippen molar-refractivity contribution in [2.45, 2.75) is 26.5 Å². The molecule has 1 aliphatic heterocycles. The second-order valence-corrected chi connectivity index (χ2v) is 13.2. The van der Waals surface area contributed by atoms with Crippen LogP contribution >= 0.6 is 48.0 Å². The summed E-state index contributed by atoms with van der Waals surface area (Å²) < 4.78 is 24.9. The Balaban J connectivity index is 0.00000314. The largest absolute Gasteiger partial charge is 0.487 e. The van der Waals surface area contributed by atoms with Gasteiger partial charge < -0.3 is 19.7 Å². The summed E-state index contributed by atoms with van der Waals surface area (Å²) in [6, 6.07) is 29.8. The summed E-state index contributed by atoms with van der Waals surface area (Å²) in [6.45, 7) is 6.80. The van der Waals surface area contributed by atoms with Crippen LogP contribution in [0.2, 0.25) is 10.0 Å². The number of hydrogen-bond donors (Lipinski definition) is 1. The first kappa shape index (κ1) is 41.4. The zero-order valence-corrected chi connectivity index (χ0v) is 32.3. The van der Waals surface area contributed by atoms with Crippen molar-refractivity contribution in [1.29, 1.82) is 0 Å². The predicted molar refractivity (Wildman–Crippen MR) is 217 cm³/mol. The molecule has 0 radical (unpaired) electrons. The molecular weight excluding hydrogens is 757 g/mol. The molecule has 0 bridgehead atoms. The highest BCUT2D eigenvalue weighted by Gasteiger charge is 2.20. The molecule has 278 valence electrons. The SMILES string of the molecule is Cc1cc(C=CC(=O)N2CCN(Cc3ccc(CCNc4ccc(F)cc4)cc3)CC2)cc(Cl)c1Oc1ccc(OCc2ccccc2Cl)cn1.Cl.Cl. The van der Waals surface area contributed by atoms with Crippen LogP contribution in [0.3, 0.4) is 0 Å². The maximum absolute atomic E-state index is 13.1. The number of hydrogen-bond acceptors (Lipinski definition) is 6. The van der Waals surface area contributed by atoms with Gasteiger partial charge in [-0.1, -0.05) is 65.7 Å². The van der Waals surface area contributed by atoms with Gasteiger partial charge in [-0.2, -0.15) is 0 Å². The lowest BCUT2D eigenvalue weighted by Gasteiger charge is -2.34. The first-order valence-corrected chi connectivity index (χ1v) is 17.6. The normalized spacial score (nSPS) is 12.9. The highest BCUT2D eigenvalue weighted by atomic mass is 35.5. The molecule has 4 aromatic carbocycles. The molecule has 7 nitrogen and oxygen atoms in total. The number of carbonyl (C=O) groups is 1. The van der Waals surface area contributed by atoms with Crippen molar-refractivity contribution >= 4 is 65.7 Å². The van der Waals surface area contributed by atoms with Gasteiger partial charge in [0.1, 0.15) is 18.2 Å². The predicted octanol–water partition coefficient (Wildman–Crippen LogP) is 10.1. The molecule has 1 fully saturated rings. The average Bonchev–Trinajstić information content (AvgIpc) is 3.14. The number of benzene rings is 4. The molecule has 1 saturated heterocycles. The molecule has 5 aromatic rings. The Morgan fingerprint density at radius 3 is 2.28 bits per heavy atom. The van der Waals surface area contributed by atoms with Gasteiger partial charge in [0.05, 0.1) is 11.2 Å². The van der Waals surface area contributed by atoms with Gasteiger partial charge in [-0.05, 0) is 90.2 Å². The van der Waals surface area contributed by atoms with E-state index in [2.05, 4.69) is 39.5 Å². The lowest BCUT2D eigenvalue weighted by molar-refractivity contribution is -0.127. The molecule has 0 saturated carbocycles. The van der Waals surface area contributed by atoms with E-state index in [1.807, 2.05) is 42.2 Å². The van der Waals surface area contributed by atoms with Crippen LogP contribution in [0.4, 0.5) is 10.1 Å². The van der Waals surface area contributed by atoms with Crippen LogP contribution < -0.4 is 14.8 Å². The molecule has 12 heteroatoms. The Morgan fingerprint density at radius 2 is 1.60 bits per heavy atom. The number of pyridine rings is 1. The number of piperazine rings is 1. The van der Waals surface area contributed by atoms with Gasteiger partial charge in [0, 0.05) is 67.7 Å². The summed E-state index contributed by atoms with van der Waals surface area (Å²) in [7, 11) is 0. The fraction of sp³-hybridized carbons (Fsp3) is 0.220. The van der Waals surface area contributed by atoms with E-state index in [0.717, 1.165) is 55.0 Å². The van der Waals surface area contributed by atoms with Crippen molar-refractivity contribution in [3.8, 4) is 17.4 Å². The Hall–Kier alpha value is -4.31. The van der Waals surface area contributed by atoms with Crippen molar-refractivity contribution in [3.63, 3.8) is 0 Å². The highest BCUT2D eigenvalue weighted by Crippen LogP contribution is 2.34. The monoisotopic (exact) mass is 796 g/mol. The van der Waals surface area contributed by atoms with E-state index in [-0.39, 0.29) is 36.5 Å². The molecule has 53 heavy (non-hydrogen) atoms. The Morgan fingerprint density at radius 1 is 0.887 bits per heavy atom. The molecule has 6 rings (SSSR count). The number of anilines is 1. The molecule has 1 aromatic heterocycles. The first-order chi connectivity index (χ1) is 24.8. The standard InChI is InChI=1S/C41H39Cl2FN4O3.2ClH/c1-29-24-32(25-38(43)41(29)51-39-16-15-36(26-46-39)50-28-33-4-2-3-5-37(33)42)10-17-40(49)48-22-20-47(21-23-48)27-31-8-6-30(7-9-31)18-19-45-35-13-11-34(44)12-14-35;;/h2-17,24-26,45H,18-23,27-28H2,1H3;2*1H. The quantitative estimate of drug-likeness (QED) is 0.120. The van der Waals surface area contributed by atoms with Gasteiger partial charge in [0.25, 0.3) is 0 Å². The summed E-state index contributed by atoms with van der Waals surface area (Å²) in [6.07, 6.45) is 5.87. The molecule has 0 aliphatic carbocycles. The maximum atomic E-state index is 13.1. The lowest BCUT2D eigenvalue weighted by Crippen LogP contribution is -2.47. The molecule has 0 unspecified atom stereocenters. The number of rotatable bonds is 13. The van der Waals surface area contributed by atoms with Crippen LogP contribution in [0, 0.1) is 12.7 Å². The number of carbonyl (C=O) groups excluding carboxylic acids is 1. The molecule has 0 spiro atoms. The maximum Gasteiger partial charge on any atom is 0.246 e. The van der Waals surface area contributed by atoms with E-state index >= 15 is 0 Å². The lowest BCUT2D eigenvalue weighted by atomic mass is 10.1. The van der Waals surface area contributed by atoms with Crippen LogP contribution in [0.25, 0.3) is 6.08 Å². The molecule has 1 amide bonds. The minimum atomic E-state index is -0.234. The highest BCUT2D eigenvalue weighted by molar-refractivity contribution is 6.32. The number of aromatic nitrogens is 1. The summed E-state index contributed by atoms with van der Waals surface area (Å²) in [5.41, 5.74) is 5.92. The fourth-order valence-electron chi connectivity index (χ4n) is 5.76. The van der Waals surface area contributed by atoms with Crippen molar-refractivity contribution in [1.82, 2.24) is 14.8 Å². The number of aryl methyl sites for hydroxylation is 1. The second kappa shape index (κ2) is 20.2. The van der Waals surface area contributed by atoms with Gasteiger partial charge in [-0.25, -0.2) is 9.37 Å². The number of nitrogens with zero attached hydrogens (tertiary/aromatic N) is 3. The van der Waals surface area contributed by atoms with E-state index < -0.39 is 0 Å². The molecule has 1 N–H and O–H groups in total. The molecule has 0 atom stereocenters. The van der Waals surface area contributed by atoms with Crippen LogP contribution in [0.5, 0.6) is 17.4 Å². The van der Waals surface area contributed by atoms with Gasteiger partial charge in [0.2, 0.25) is 11.8 Å². The molecule has 2 heterocycles. The number of halogens is 5. The van der Waals surface area contributed by atoms with E-state index in [1.165, 1.54) is 23.3 Å². The third kappa shape index (κ3) is 12.1. The minimum absolute atomic E-state index is 0. The van der Waals surface area contributed by atoms with E-state index in [1.54, 1.807) is 48.7 Å². The first-order valence-electron chi connectivity index (χ1n) is 16.9. The second-order valence-electron chi connectivity index (χ2n) is 12.4. The zero-order chi connectivity index (χ0) is 35.6. The number of amides is 1. The number of ether oxygens (including phenoxy) is 2. The fourth-order valence-corrected chi connectivity index (χ4v) is 6.27. The van der Waals surface area contributed by atoms with Gasteiger partial charge in [-0.15, -0.1) is 24.8 Å². The van der Waals surface area contributed by atoms with E-state index in [0.29, 0.717) is 47.1 Å². The van der Waals surface area contributed by atoms with Crippen LogP contribution in [-0.2, 0) is 24.4 Å². The Labute approximate surface area is 332 Å². The summed E-state index contributed by atoms with van der Waals surface area (Å²) >= 11 is 12.8. The Kier molecular flexibility index (Phi) is 15.8. The molecular formula is C41H41Cl4FN4O3. The van der Waals surface area contributed by atoms with Crippen molar-refractivity contribution < 1.29 is 18.7 Å². The van der Waals surface area contributed by atoms with Gasteiger partial charge >= 0.3 is 0 Å². The third-order valence-electron chi connectivity index (χ3n) is 8.64. The Bertz CT molecular complexity index is 1930. The van der Waals surface area contributed by atoms with Gasteiger partial charge in [-0.3, -0.25) is 9.69 Å².